The second kappa shape index (κ2) is 9.90. The highest BCUT2D eigenvalue weighted by Crippen LogP contribution is 2.67. The summed E-state index contributed by atoms with van der Waals surface area (Å²) in [6.07, 6.45) is 18.7. The van der Waals surface area contributed by atoms with Gasteiger partial charge in [0, 0.05) is 6.10 Å². The van der Waals surface area contributed by atoms with Gasteiger partial charge in [-0.2, -0.15) is 0 Å². The molecule has 0 amide bonds. The molecular weight excluding hydrogens is 440 g/mol. The summed E-state index contributed by atoms with van der Waals surface area (Å²) in [7, 11) is -1.70. The van der Waals surface area contributed by atoms with Crippen LogP contribution < -0.4 is 0 Å². The Morgan fingerprint density at radius 3 is 2.34 bits per heavy atom. The zero-order chi connectivity index (χ0) is 25.8. The van der Waals surface area contributed by atoms with E-state index < -0.39 is 8.32 Å². The van der Waals surface area contributed by atoms with Crippen molar-refractivity contribution in [2.45, 2.75) is 150 Å². The number of hydrogen-bond acceptors (Lipinski definition) is 1. The number of rotatable bonds is 7. The Kier molecular flexibility index (Phi) is 7.91. The van der Waals surface area contributed by atoms with Crippen LogP contribution in [0, 0.1) is 46.3 Å². The quantitative estimate of drug-likeness (QED) is 0.249. The second-order valence-corrected chi connectivity index (χ2v) is 20.8. The first-order chi connectivity index (χ1) is 16.2. The van der Waals surface area contributed by atoms with Gasteiger partial charge in [0.05, 0.1) is 0 Å². The number of hydrogen-bond donors (Lipinski definition) is 0. The van der Waals surface area contributed by atoms with Crippen molar-refractivity contribution in [3.63, 3.8) is 0 Å². The van der Waals surface area contributed by atoms with Gasteiger partial charge >= 0.3 is 0 Å². The maximum absolute atomic E-state index is 6.94. The van der Waals surface area contributed by atoms with E-state index in [0.29, 0.717) is 22.0 Å². The molecule has 0 N–H and O–H groups in total. The van der Waals surface area contributed by atoms with Crippen LogP contribution in [0.3, 0.4) is 0 Å². The lowest BCUT2D eigenvalue weighted by atomic mass is 9.47. The number of fused-ring (bicyclic) bond motifs is 5. The Bertz CT molecular complexity index is 774. The van der Waals surface area contributed by atoms with Crippen LogP contribution in [0.15, 0.2) is 11.6 Å². The summed E-state index contributed by atoms with van der Waals surface area (Å²) < 4.78 is 6.94. The molecule has 0 saturated heterocycles. The standard InChI is InChI=1S/C33H60OSi/c1-23(2)12-11-13-24(3)28-16-17-29-27-15-14-25-22-26(34-35(9,10)31(4,5)6)18-20-32(25,7)30(27)19-21-33(28,29)8/h14,23-24,26-30H,11-13,15-22H2,1-10H3/t24-,26?,27+,28-,29+,30+,32+,33-/m1/s1. The summed E-state index contributed by atoms with van der Waals surface area (Å²) >= 11 is 0. The summed E-state index contributed by atoms with van der Waals surface area (Å²) in [6, 6.07) is 0. The van der Waals surface area contributed by atoms with Crippen LogP contribution >= 0.6 is 0 Å². The molecule has 202 valence electrons. The highest BCUT2D eigenvalue weighted by atomic mass is 28.4. The average Bonchev–Trinajstić information content (AvgIpc) is 3.10. The van der Waals surface area contributed by atoms with E-state index in [4.69, 9.17) is 4.43 Å². The molecule has 0 radical (unpaired) electrons. The van der Waals surface area contributed by atoms with Gasteiger partial charge in [0.1, 0.15) is 0 Å². The van der Waals surface area contributed by atoms with Crippen molar-refractivity contribution in [3.05, 3.63) is 11.6 Å². The summed E-state index contributed by atoms with van der Waals surface area (Å²) in [5, 5.41) is 0.304. The Balaban J connectivity index is 1.45. The minimum atomic E-state index is -1.70. The predicted molar refractivity (Wildman–Crippen MR) is 155 cm³/mol. The zero-order valence-electron chi connectivity index (χ0n) is 25.3. The zero-order valence-corrected chi connectivity index (χ0v) is 26.3. The Morgan fingerprint density at radius 1 is 0.971 bits per heavy atom. The Morgan fingerprint density at radius 2 is 1.69 bits per heavy atom. The summed E-state index contributed by atoms with van der Waals surface area (Å²) in [6.45, 7) is 24.8. The van der Waals surface area contributed by atoms with Crippen LogP contribution in [0.25, 0.3) is 0 Å². The summed E-state index contributed by atoms with van der Waals surface area (Å²) in [5.74, 6) is 5.56. The lowest BCUT2D eigenvalue weighted by Gasteiger charge is -2.59. The van der Waals surface area contributed by atoms with Crippen LogP contribution in [0.1, 0.15) is 126 Å². The molecule has 0 aromatic heterocycles. The second-order valence-electron chi connectivity index (χ2n) is 16.0. The fourth-order valence-electron chi connectivity index (χ4n) is 9.35. The SMILES string of the molecule is CC(C)CCC[C@@H](C)[C@H]1CC[C@H]2[C@@H]3CC=C4CC(O[Si](C)(C)C(C)(C)C)CC[C@]4(C)[C@H]3CC[C@]12C. The molecule has 0 spiro atoms. The van der Waals surface area contributed by atoms with Crippen LogP contribution in [0.5, 0.6) is 0 Å². The lowest BCUT2D eigenvalue weighted by Crippen LogP contribution is -2.52. The maximum Gasteiger partial charge on any atom is 0.192 e. The fourth-order valence-corrected chi connectivity index (χ4v) is 10.7. The van der Waals surface area contributed by atoms with Gasteiger partial charge < -0.3 is 4.43 Å². The van der Waals surface area contributed by atoms with Crippen LogP contribution in [0.4, 0.5) is 0 Å². The molecule has 2 heteroatoms. The van der Waals surface area contributed by atoms with Gasteiger partial charge in [-0.3, -0.25) is 0 Å². The smallest absolute Gasteiger partial charge is 0.192 e. The van der Waals surface area contributed by atoms with Crippen molar-refractivity contribution in [2.75, 3.05) is 0 Å². The van der Waals surface area contributed by atoms with Crippen molar-refractivity contribution >= 4 is 8.32 Å². The highest BCUT2D eigenvalue weighted by molar-refractivity contribution is 6.74. The third-order valence-electron chi connectivity index (χ3n) is 12.5. The molecule has 1 unspecified atom stereocenters. The third kappa shape index (κ3) is 5.15. The van der Waals surface area contributed by atoms with Crippen LogP contribution in [-0.2, 0) is 4.43 Å². The van der Waals surface area contributed by atoms with Crippen molar-refractivity contribution in [3.8, 4) is 0 Å². The molecule has 0 heterocycles. The molecule has 0 aromatic rings. The van der Waals surface area contributed by atoms with Crippen molar-refractivity contribution in [2.24, 2.45) is 46.3 Å². The minimum Gasteiger partial charge on any atom is -0.414 e. The average molecular weight is 501 g/mol. The first-order valence-corrected chi connectivity index (χ1v) is 18.5. The van der Waals surface area contributed by atoms with E-state index in [0.717, 1.165) is 35.5 Å². The minimum absolute atomic E-state index is 0.304. The van der Waals surface area contributed by atoms with E-state index in [9.17, 15) is 0 Å². The first-order valence-electron chi connectivity index (χ1n) is 15.6. The van der Waals surface area contributed by atoms with Gasteiger partial charge in [0.25, 0.3) is 0 Å². The molecule has 4 aliphatic rings. The topological polar surface area (TPSA) is 9.23 Å². The molecule has 0 aliphatic heterocycles. The molecule has 0 aromatic carbocycles. The summed E-state index contributed by atoms with van der Waals surface area (Å²) in [5.41, 5.74) is 2.83. The van der Waals surface area contributed by atoms with Gasteiger partial charge in [-0.25, -0.2) is 0 Å². The highest BCUT2D eigenvalue weighted by Gasteiger charge is 2.59. The van der Waals surface area contributed by atoms with Crippen LogP contribution in [0.2, 0.25) is 18.1 Å². The number of allylic oxidation sites excluding steroid dienone is 1. The fraction of sp³-hybridized carbons (Fsp3) is 0.939. The first kappa shape index (κ1) is 27.9. The predicted octanol–water partition coefficient (Wildman–Crippen LogP) is 10.4. The third-order valence-corrected chi connectivity index (χ3v) is 17.1. The lowest BCUT2D eigenvalue weighted by molar-refractivity contribution is -0.0565. The van der Waals surface area contributed by atoms with E-state index in [1.807, 2.05) is 0 Å². The van der Waals surface area contributed by atoms with Crippen molar-refractivity contribution in [1.82, 2.24) is 0 Å². The Labute approximate surface area is 220 Å². The van der Waals surface area contributed by atoms with Gasteiger partial charge in [-0.05, 0) is 116 Å². The normalized spacial score (nSPS) is 40.7. The van der Waals surface area contributed by atoms with Crippen molar-refractivity contribution in [1.29, 1.82) is 0 Å². The Hall–Kier alpha value is -0.0831. The largest absolute Gasteiger partial charge is 0.414 e. The molecule has 35 heavy (non-hydrogen) atoms. The maximum atomic E-state index is 6.94. The van der Waals surface area contributed by atoms with E-state index in [1.54, 1.807) is 5.57 Å². The van der Waals surface area contributed by atoms with E-state index in [-0.39, 0.29) is 0 Å². The monoisotopic (exact) mass is 500 g/mol. The molecule has 4 rings (SSSR count). The molecule has 1 nitrogen and oxygen atoms in total. The van der Waals surface area contributed by atoms with E-state index in [1.165, 1.54) is 70.6 Å². The van der Waals surface area contributed by atoms with Gasteiger partial charge in [-0.1, -0.05) is 86.3 Å². The molecule has 8 atom stereocenters. The molecule has 3 fully saturated rings. The molecular formula is C33H60OSi. The van der Waals surface area contributed by atoms with Gasteiger partial charge in [0.2, 0.25) is 0 Å². The van der Waals surface area contributed by atoms with Gasteiger partial charge in [-0.15, -0.1) is 0 Å². The molecule has 3 saturated carbocycles. The van der Waals surface area contributed by atoms with E-state index >= 15 is 0 Å². The summed E-state index contributed by atoms with van der Waals surface area (Å²) in [4.78, 5) is 0. The van der Waals surface area contributed by atoms with Crippen LogP contribution in [-0.4, -0.2) is 14.4 Å². The molecule has 4 aliphatic carbocycles. The van der Waals surface area contributed by atoms with Crippen molar-refractivity contribution < 1.29 is 4.43 Å². The molecule has 0 bridgehead atoms. The van der Waals surface area contributed by atoms with E-state index in [2.05, 4.69) is 74.6 Å². The van der Waals surface area contributed by atoms with Gasteiger partial charge in [0.15, 0.2) is 8.32 Å².